The molecule has 5 nitrogen and oxygen atoms in total. The van der Waals surface area contributed by atoms with E-state index in [9.17, 15) is 9.59 Å². The number of thioether (sulfide) groups is 1. The molecule has 4 rings (SSSR count). The number of carbonyl (C=O) groups is 2. The summed E-state index contributed by atoms with van der Waals surface area (Å²) in [5, 5.41) is 2.89. The van der Waals surface area contributed by atoms with Gasteiger partial charge in [-0.25, -0.2) is 0 Å². The third-order valence-electron chi connectivity index (χ3n) is 5.01. The maximum absolute atomic E-state index is 13.2. The van der Waals surface area contributed by atoms with Crippen LogP contribution in [0.1, 0.15) is 24.2 Å². The molecule has 0 saturated heterocycles. The first-order valence-corrected chi connectivity index (χ1v) is 11.2. The van der Waals surface area contributed by atoms with Gasteiger partial charge in [0.2, 0.25) is 11.8 Å². The Hall–Kier alpha value is -3.25. The van der Waals surface area contributed by atoms with Crippen LogP contribution in [0.5, 0.6) is 5.75 Å². The average Bonchev–Trinajstić information content (AvgIpc) is 2.93. The van der Waals surface area contributed by atoms with Crippen molar-refractivity contribution in [1.29, 1.82) is 0 Å². The summed E-state index contributed by atoms with van der Waals surface area (Å²) in [6.45, 7) is 2.47. The third-order valence-corrected chi connectivity index (χ3v) is 6.33. The molecule has 1 aliphatic heterocycles. The van der Waals surface area contributed by atoms with E-state index in [2.05, 4.69) is 5.32 Å². The van der Waals surface area contributed by atoms with Crippen molar-refractivity contribution in [3.8, 4) is 5.75 Å². The molecule has 6 heteroatoms. The van der Waals surface area contributed by atoms with Crippen LogP contribution in [-0.2, 0) is 9.59 Å². The lowest BCUT2D eigenvalue weighted by atomic mass is 10.1. The number of amides is 2. The molecule has 31 heavy (non-hydrogen) atoms. The van der Waals surface area contributed by atoms with Crippen LogP contribution in [-0.4, -0.2) is 25.0 Å². The first kappa shape index (κ1) is 21.0. The van der Waals surface area contributed by atoms with Crippen molar-refractivity contribution in [3.05, 3.63) is 84.4 Å². The minimum Gasteiger partial charge on any atom is -0.494 e. The van der Waals surface area contributed by atoms with Crippen molar-refractivity contribution >= 4 is 35.0 Å². The van der Waals surface area contributed by atoms with Gasteiger partial charge in [0.1, 0.15) is 12.3 Å². The number of rotatable bonds is 6. The third kappa shape index (κ3) is 5.09. The second-order valence-electron chi connectivity index (χ2n) is 7.17. The zero-order chi connectivity index (χ0) is 21.6. The van der Waals surface area contributed by atoms with Crippen LogP contribution in [0.25, 0.3) is 0 Å². The average molecular weight is 433 g/mol. The van der Waals surface area contributed by atoms with Crippen molar-refractivity contribution in [2.24, 2.45) is 0 Å². The zero-order valence-electron chi connectivity index (χ0n) is 17.3. The largest absolute Gasteiger partial charge is 0.494 e. The van der Waals surface area contributed by atoms with Gasteiger partial charge in [0.15, 0.2) is 0 Å². The molecule has 0 spiro atoms. The second-order valence-corrected chi connectivity index (χ2v) is 8.42. The summed E-state index contributed by atoms with van der Waals surface area (Å²) in [6, 6.07) is 25.0. The summed E-state index contributed by atoms with van der Waals surface area (Å²) in [5.74, 6) is 0.449. The Kier molecular flexibility index (Phi) is 6.57. The molecule has 0 bridgehead atoms. The fourth-order valence-electron chi connectivity index (χ4n) is 3.55. The van der Waals surface area contributed by atoms with Gasteiger partial charge in [-0.15, -0.1) is 11.8 Å². The summed E-state index contributed by atoms with van der Waals surface area (Å²) < 4.78 is 5.43. The van der Waals surface area contributed by atoms with Crippen LogP contribution in [0.4, 0.5) is 11.4 Å². The second kappa shape index (κ2) is 9.71. The normalized spacial score (nSPS) is 15.7. The van der Waals surface area contributed by atoms with Crippen LogP contribution in [0, 0.1) is 0 Å². The number of nitrogens with one attached hydrogen (secondary N) is 1. The van der Waals surface area contributed by atoms with Crippen LogP contribution in [0.2, 0.25) is 0 Å². The number of benzene rings is 3. The van der Waals surface area contributed by atoms with Crippen molar-refractivity contribution in [2.45, 2.75) is 23.5 Å². The predicted octanol–water partition coefficient (Wildman–Crippen LogP) is 5.29. The molecular formula is C25H24N2O3S. The highest BCUT2D eigenvalue weighted by molar-refractivity contribution is 7.99. The van der Waals surface area contributed by atoms with Gasteiger partial charge in [-0.05, 0) is 48.9 Å². The van der Waals surface area contributed by atoms with E-state index in [1.165, 1.54) is 0 Å². The number of nitrogens with zero attached hydrogens (tertiary/aromatic N) is 1. The topological polar surface area (TPSA) is 58.6 Å². The van der Waals surface area contributed by atoms with E-state index in [0.717, 1.165) is 21.9 Å². The molecule has 1 atom stereocenters. The van der Waals surface area contributed by atoms with E-state index in [4.69, 9.17) is 4.74 Å². The number of carbonyl (C=O) groups excluding carboxylic acids is 2. The molecule has 0 aliphatic carbocycles. The number of hydrogen-bond donors (Lipinski definition) is 1. The van der Waals surface area contributed by atoms with Gasteiger partial charge < -0.3 is 15.0 Å². The van der Waals surface area contributed by atoms with Crippen molar-refractivity contribution in [1.82, 2.24) is 0 Å². The first-order chi connectivity index (χ1) is 15.1. The van der Waals surface area contributed by atoms with Gasteiger partial charge >= 0.3 is 0 Å². The molecule has 0 aromatic heterocycles. The van der Waals surface area contributed by atoms with E-state index < -0.39 is 0 Å². The lowest BCUT2D eigenvalue weighted by molar-refractivity contribution is -0.121. The quantitative estimate of drug-likeness (QED) is 0.575. The van der Waals surface area contributed by atoms with Gasteiger partial charge in [-0.3, -0.25) is 9.59 Å². The summed E-state index contributed by atoms with van der Waals surface area (Å²) in [5.41, 5.74) is 2.55. The lowest BCUT2D eigenvalue weighted by Crippen LogP contribution is -2.38. The Balaban J connectivity index is 1.52. The smallest absolute Gasteiger partial charge is 0.244 e. The summed E-state index contributed by atoms with van der Waals surface area (Å²) >= 11 is 1.67. The fraction of sp³-hybridized carbons (Fsp3) is 0.200. The Labute approximate surface area is 186 Å². The molecule has 158 valence electrons. The van der Waals surface area contributed by atoms with E-state index in [-0.39, 0.29) is 23.6 Å². The van der Waals surface area contributed by atoms with E-state index in [1.807, 2.05) is 73.7 Å². The number of para-hydroxylation sites is 1. The number of ether oxygens (including phenoxy) is 1. The van der Waals surface area contributed by atoms with Gasteiger partial charge in [-0.1, -0.05) is 42.5 Å². The molecule has 3 aromatic carbocycles. The van der Waals surface area contributed by atoms with Crippen molar-refractivity contribution in [2.75, 3.05) is 23.4 Å². The monoisotopic (exact) mass is 432 g/mol. The Morgan fingerprint density at radius 3 is 2.48 bits per heavy atom. The van der Waals surface area contributed by atoms with Crippen LogP contribution in [0.3, 0.4) is 0 Å². The highest BCUT2D eigenvalue weighted by Crippen LogP contribution is 2.45. The Morgan fingerprint density at radius 1 is 1.03 bits per heavy atom. The fourth-order valence-corrected chi connectivity index (χ4v) is 4.83. The van der Waals surface area contributed by atoms with Crippen molar-refractivity contribution in [3.63, 3.8) is 0 Å². The molecule has 0 unspecified atom stereocenters. The highest BCUT2D eigenvalue weighted by Gasteiger charge is 2.30. The minimum absolute atomic E-state index is 0.00835. The maximum atomic E-state index is 13.2. The van der Waals surface area contributed by atoms with E-state index in [1.54, 1.807) is 28.8 Å². The number of anilines is 2. The standard InChI is InChI=1S/C25H24N2O3S/c1-2-30-20-14-12-19(13-15-20)26-24(28)17-27-21-10-6-7-11-22(21)31-23(16-25(27)29)18-8-4-3-5-9-18/h3-15,23H,2,16-17H2,1H3,(H,26,28)/t23-/m0/s1. The molecule has 1 aliphatic rings. The van der Waals surface area contributed by atoms with Crippen LogP contribution < -0.4 is 15.0 Å². The van der Waals surface area contributed by atoms with E-state index in [0.29, 0.717) is 18.7 Å². The van der Waals surface area contributed by atoms with Gasteiger partial charge in [0.05, 0.1) is 12.3 Å². The molecule has 2 amide bonds. The molecule has 1 heterocycles. The minimum atomic E-state index is -0.240. The Morgan fingerprint density at radius 2 is 1.74 bits per heavy atom. The van der Waals surface area contributed by atoms with Gasteiger partial charge in [0.25, 0.3) is 0 Å². The SMILES string of the molecule is CCOc1ccc(NC(=O)CN2C(=O)C[C@@H](c3ccccc3)Sc3ccccc32)cc1. The van der Waals surface area contributed by atoms with Gasteiger partial charge in [0, 0.05) is 22.3 Å². The van der Waals surface area contributed by atoms with Crippen LogP contribution in [0.15, 0.2) is 83.8 Å². The molecule has 0 saturated carbocycles. The summed E-state index contributed by atoms with van der Waals surface area (Å²) in [7, 11) is 0. The predicted molar refractivity (Wildman–Crippen MR) is 125 cm³/mol. The van der Waals surface area contributed by atoms with Gasteiger partial charge in [-0.2, -0.15) is 0 Å². The zero-order valence-corrected chi connectivity index (χ0v) is 18.1. The first-order valence-electron chi connectivity index (χ1n) is 10.3. The number of hydrogen-bond acceptors (Lipinski definition) is 4. The molecular weight excluding hydrogens is 408 g/mol. The Bertz CT molecular complexity index is 1050. The highest BCUT2D eigenvalue weighted by atomic mass is 32.2. The molecule has 0 radical (unpaired) electrons. The van der Waals surface area contributed by atoms with Crippen LogP contribution >= 0.6 is 11.8 Å². The number of fused-ring (bicyclic) bond motifs is 1. The lowest BCUT2D eigenvalue weighted by Gasteiger charge is -2.22. The molecule has 3 aromatic rings. The van der Waals surface area contributed by atoms with E-state index >= 15 is 0 Å². The summed E-state index contributed by atoms with van der Waals surface area (Å²) in [4.78, 5) is 28.5. The molecule has 0 fully saturated rings. The maximum Gasteiger partial charge on any atom is 0.244 e. The summed E-state index contributed by atoms with van der Waals surface area (Å²) in [6.07, 6.45) is 0.333. The van der Waals surface area contributed by atoms with Crippen molar-refractivity contribution < 1.29 is 14.3 Å². The molecule has 1 N–H and O–H groups in total.